The maximum Gasteiger partial charge on any atom is 0.338 e. The number of nitrogens with zero attached hydrogens (tertiary/aromatic N) is 2. The Morgan fingerprint density at radius 3 is 2.44 bits per heavy atom. The number of aromatic nitrogens is 1. The minimum absolute atomic E-state index is 0.111. The van der Waals surface area contributed by atoms with Gasteiger partial charge in [0.25, 0.3) is 5.56 Å². The van der Waals surface area contributed by atoms with Gasteiger partial charge in [-0.1, -0.05) is 94.7 Å². The van der Waals surface area contributed by atoms with E-state index >= 15 is 0 Å². The molecular formula is C36H26Cl3FN2O5S. The van der Waals surface area contributed by atoms with Crippen LogP contribution in [0.25, 0.3) is 11.8 Å². The largest absolute Gasteiger partial charge is 0.493 e. The summed E-state index contributed by atoms with van der Waals surface area (Å²) in [5.41, 5.74) is 2.57. The molecule has 244 valence electrons. The topological polar surface area (TPSA) is 79.1 Å². The zero-order chi connectivity index (χ0) is 33.9. The third-order valence-corrected chi connectivity index (χ3v) is 9.35. The van der Waals surface area contributed by atoms with Gasteiger partial charge in [-0.15, -0.1) is 0 Å². The number of methoxy groups -OCH3 is 1. The van der Waals surface area contributed by atoms with E-state index in [-0.39, 0.29) is 23.8 Å². The first-order valence-electron chi connectivity index (χ1n) is 14.7. The Bertz CT molecular complexity index is 2240. The lowest BCUT2D eigenvalue weighted by molar-refractivity contribution is -0.138. The fourth-order valence-electron chi connectivity index (χ4n) is 5.30. The van der Waals surface area contributed by atoms with Gasteiger partial charge in [-0.3, -0.25) is 9.36 Å². The van der Waals surface area contributed by atoms with Crippen molar-refractivity contribution in [1.82, 2.24) is 4.57 Å². The summed E-state index contributed by atoms with van der Waals surface area (Å²) < 4.78 is 32.9. The van der Waals surface area contributed by atoms with E-state index in [2.05, 4.69) is 0 Å². The summed E-state index contributed by atoms with van der Waals surface area (Å²) in [6, 6.07) is 22.3. The van der Waals surface area contributed by atoms with Gasteiger partial charge in [-0.2, -0.15) is 0 Å². The van der Waals surface area contributed by atoms with Crippen LogP contribution in [0.2, 0.25) is 15.1 Å². The van der Waals surface area contributed by atoms with Crippen molar-refractivity contribution in [3.8, 4) is 11.5 Å². The van der Waals surface area contributed by atoms with E-state index in [0.29, 0.717) is 58.8 Å². The summed E-state index contributed by atoms with van der Waals surface area (Å²) in [7, 11) is 1.48. The predicted molar refractivity (Wildman–Crippen MR) is 186 cm³/mol. The van der Waals surface area contributed by atoms with Crippen LogP contribution in [0.4, 0.5) is 4.39 Å². The first-order valence-corrected chi connectivity index (χ1v) is 16.6. The lowest BCUT2D eigenvalue weighted by Crippen LogP contribution is -2.40. The molecule has 48 heavy (non-hydrogen) atoms. The second-order valence-electron chi connectivity index (χ2n) is 10.5. The number of benzene rings is 4. The van der Waals surface area contributed by atoms with Crippen molar-refractivity contribution < 1.29 is 23.4 Å². The number of hydrogen-bond acceptors (Lipinski definition) is 7. The van der Waals surface area contributed by atoms with Gasteiger partial charge in [-0.25, -0.2) is 14.2 Å². The van der Waals surface area contributed by atoms with E-state index in [0.717, 1.165) is 11.3 Å². The van der Waals surface area contributed by atoms with Crippen LogP contribution in [0.15, 0.2) is 100 Å². The van der Waals surface area contributed by atoms with E-state index in [1.807, 2.05) is 30.3 Å². The van der Waals surface area contributed by atoms with Gasteiger partial charge in [-0.05, 0) is 60.5 Å². The Labute approximate surface area is 293 Å². The van der Waals surface area contributed by atoms with Gasteiger partial charge in [0, 0.05) is 21.2 Å². The quantitative estimate of drug-likeness (QED) is 0.146. The summed E-state index contributed by atoms with van der Waals surface area (Å²) in [5, 5.41) is 1.20. The highest BCUT2D eigenvalue weighted by atomic mass is 35.5. The normalized spacial score (nSPS) is 14.4. The lowest BCUT2D eigenvalue weighted by Gasteiger charge is -2.25. The van der Waals surface area contributed by atoms with E-state index in [4.69, 9.17) is 54.0 Å². The predicted octanol–water partition coefficient (Wildman–Crippen LogP) is 7.62. The number of halogens is 4. The number of carbonyl (C=O) groups is 1. The van der Waals surface area contributed by atoms with Crippen molar-refractivity contribution in [2.45, 2.75) is 19.6 Å². The molecule has 0 aliphatic carbocycles. The van der Waals surface area contributed by atoms with Crippen LogP contribution in [-0.2, 0) is 16.1 Å². The molecule has 5 aromatic rings. The molecule has 6 rings (SSSR count). The first-order chi connectivity index (χ1) is 23.2. The molecule has 4 aromatic carbocycles. The standard InChI is InChI=1S/C36H26Cl3FN2O5S/c1-3-46-35(44)30-31(21-7-5-4-6-8-21)41-36-42(32(30)22-10-13-25(40)14-11-22)34(43)29(48-36)17-20-15-27(39)33(28(16-20)45-2)47-19-23-9-12-24(37)18-26(23)38/h4-18,32H,3,19H2,1-2H3/b29-17-/t32-/m0/s1. The van der Waals surface area contributed by atoms with Crippen LogP contribution >= 0.6 is 46.1 Å². The van der Waals surface area contributed by atoms with Gasteiger partial charge in [0.15, 0.2) is 16.3 Å². The number of esters is 1. The van der Waals surface area contributed by atoms with Crippen LogP contribution in [0.5, 0.6) is 11.5 Å². The van der Waals surface area contributed by atoms with Crippen LogP contribution in [0.1, 0.15) is 35.2 Å². The summed E-state index contributed by atoms with van der Waals surface area (Å²) in [6.07, 6.45) is 1.66. The number of carbonyl (C=O) groups excluding carboxylic acids is 1. The molecule has 1 aliphatic heterocycles. The second-order valence-corrected chi connectivity index (χ2v) is 12.8. The Morgan fingerprint density at radius 1 is 1.00 bits per heavy atom. The molecule has 0 N–H and O–H groups in total. The number of thiazole rings is 1. The van der Waals surface area contributed by atoms with Crippen molar-refractivity contribution in [1.29, 1.82) is 0 Å². The van der Waals surface area contributed by atoms with Crippen molar-refractivity contribution >= 4 is 63.9 Å². The van der Waals surface area contributed by atoms with E-state index in [1.165, 1.54) is 23.8 Å². The molecule has 12 heteroatoms. The highest BCUT2D eigenvalue weighted by Crippen LogP contribution is 2.38. The van der Waals surface area contributed by atoms with E-state index in [9.17, 15) is 14.0 Å². The van der Waals surface area contributed by atoms with Crippen LogP contribution < -0.4 is 24.4 Å². The number of ether oxygens (including phenoxy) is 3. The fourth-order valence-corrected chi connectivity index (χ4v) is 7.04. The maximum atomic E-state index is 14.2. The minimum Gasteiger partial charge on any atom is -0.493 e. The molecule has 1 aliphatic rings. The number of hydrogen-bond donors (Lipinski definition) is 0. The van der Waals surface area contributed by atoms with Crippen molar-refractivity contribution in [3.05, 3.63) is 153 Å². The molecule has 0 radical (unpaired) electrons. The molecule has 0 amide bonds. The van der Waals surface area contributed by atoms with Crippen LogP contribution in [-0.4, -0.2) is 24.3 Å². The molecule has 0 saturated carbocycles. The van der Waals surface area contributed by atoms with E-state index in [1.54, 1.807) is 55.5 Å². The van der Waals surface area contributed by atoms with Gasteiger partial charge >= 0.3 is 5.97 Å². The molecule has 0 bridgehead atoms. The van der Waals surface area contributed by atoms with Gasteiger partial charge in [0.2, 0.25) is 0 Å². The van der Waals surface area contributed by atoms with Gasteiger partial charge < -0.3 is 14.2 Å². The Balaban J connectivity index is 1.48. The molecular weight excluding hydrogens is 698 g/mol. The molecule has 7 nitrogen and oxygen atoms in total. The van der Waals surface area contributed by atoms with Crippen LogP contribution in [0.3, 0.4) is 0 Å². The van der Waals surface area contributed by atoms with Crippen molar-refractivity contribution in [3.63, 3.8) is 0 Å². The van der Waals surface area contributed by atoms with Crippen LogP contribution in [0, 0.1) is 5.82 Å². The lowest BCUT2D eigenvalue weighted by atomic mass is 9.93. The van der Waals surface area contributed by atoms with Gasteiger partial charge in [0.1, 0.15) is 12.4 Å². The Morgan fingerprint density at radius 2 is 1.75 bits per heavy atom. The smallest absolute Gasteiger partial charge is 0.338 e. The molecule has 2 heterocycles. The van der Waals surface area contributed by atoms with Gasteiger partial charge in [0.05, 0.1) is 40.6 Å². The Kier molecular flexibility index (Phi) is 10.0. The zero-order valence-corrected chi connectivity index (χ0v) is 28.6. The van der Waals surface area contributed by atoms with Crippen molar-refractivity contribution in [2.24, 2.45) is 4.99 Å². The highest BCUT2D eigenvalue weighted by molar-refractivity contribution is 7.07. The summed E-state index contributed by atoms with van der Waals surface area (Å²) >= 11 is 20.1. The minimum atomic E-state index is -0.938. The van der Waals surface area contributed by atoms with Crippen molar-refractivity contribution in [2.75, 3.05) is 13.7 Å². The fraction of sp³-hybridized carbons (Fsp3) is 0.139. The third kappa shape index (κ3) is 6.77. The average Bonchev–Trinajstić information content (AvgIpc) is 3.38. The first kappa shape index (κ1) is 33.5. The number of fused-ring (bicyclic) bond motifs is 1. The molecule has 0 spiro atoms. The molecule has 0 fully saturated rings. The summed E-state index contributed by atoms with van der Waals surface area (Å²) in [6.45, 7) is 1.92. The SMILES string of the molecule is CCOC(=O)C1=C(c2ccccc2)N=c2s/c(=C\c3cc(Cl)c(OCc4ccc(Cl)cc4Cl)c(OC)c3)c(=O)n2[C@H]1c1ccc(F)cc1. The Hall–Kier alpha value is -4.41. The summed E-state index contributed by atoms with van der Waals surface area (Å²) in [4.78, 5) is 32.9. The average molecular weight is 724 g/mol. The number of rotatable bonds is 9. The maximum absolute atomic E-state index is 14.2. The molecule has 1 aromatic heterocycles. The zero-order valence-electron chi connectivity index (χ0n) is 25.5. The van der Waals surface area contributed by atoms with E-state index < -0.39 is 23.4 Å². The monoisotopic (exact) mass is 722 g/mol. The summed E-state index contributed by atoms with van der Waals surface area (Å²) in [5.74, 6) is -0.445. The third-order valence-electron chi connectivity index (χ3n) is 7.50. The molecule has 0 unspecified atom stereocenters. The second kappa shape index (κ2) is 14.4. The molecule has 0 saturated heterocycles. The highest BCUT2D eigenvalue weighted by Gasteiger charge is 2.35. The molecule has 1 atom stereocenters.